The topological polar surface area (TPSA) is 74.6 Å². The fraction of sp³-hybridized carbons (Fsp3) is 0.667. The van der Waals surface area contributed by atoms with Gasteiger partial charge in [-0.1, -0.05) is 0 Å². The Balaban J connectivity index is 3.22. The molecule has 0 saturated carbocycles. The highest BCUT2D eigenvalue weighted by atomic mass is 16.4. The van der Waals surface area contributed by atoms with Crippen molar-refractivity contribution in [3.05, 3.63) is 0 Å². The van der Waals surface area contributed by atoms with E-state index in [1.54, 1.807) is 0 Å². The normalized spacial score (nSPS) is 9.25. The number of hydrogen-bond acceptors (Lipinski definition) is 2. The molecule has 0 fully saturated rings. The molecule has 16 heavy (non-hydrogen) atoms. The number of carboxylic acid groups (broad SMARTS) is 2. The summed E-state index contributed by atoms with van der Waals surface area (Å²) in [7, 11) is 0. The second-order valence-electron chi connectivity index (χ2n) is 3.56. The number of carbonyl (C=O) groups is 2. The monoisotopic (exact) mass is 226 g/mol. The van der Waals surface area contributed by atoms with Gasteiger partial charge in [0, 0.05) is 25.7 Å². The Morgan fingerprint density at radius 2 is 1.12 bits per heavy atom. The summed E-state index contributed by atoms with van der Waals surface area (Å²) in [4.78, 5) is 20.4. The third kappa shape index (κ3) is 12.5. The Hall–Kier alpha value is -1.50. The SMILES string of the molecule is O=C(O)CCCCC#CCCCCC(=O)O. The van der Waals surface area contributed by atoms with Crippen molar-refractivity contribution >= 4 is 11.9 Å². The van der Waals surface area contributed by atoms with Crippen LogP contribution in [-0.4, -0.2) is 22.2 Å². The first-order chi connectivity index (χ1) is 7.63. The van der Waals surface area contributed by atoms with Crippen LogP contribution in [0.25, 0.3) is 0 Å². The fourth-order valence-corrected chi connectivity index (χ4v) is 1.16. The highest BCUT2D eigenvalue weighted by molar-refractivity contribution is 5.66. The van der Waals surface area contributed by atoms with Gasteiger partial charge in [0.05, 0.1) is 0 Å². The maximum absolute atomic E-state index is 10.2. The quantitative estimate of drug-likeness (QED) is 0.492. The first kappa shape index (κ1) is 14.5. The molecule has 0 spiro atoms. The predicted octanol–water partition coefficient (Wildman–Crippen LogP) is 2.28. The summed E-state index contributed by atoms with van der Waals surface area (Å²) >= 11 is 0. The van der Waals surface area contributed by atoms with Gasteiger partial charge in [-0.05, 0) is 25.7 Å². The lowest BCUT2D eigenvalue weighted by molar-refractivity contribution is -0.138. The molecule has 0 aromatic rings. The molecule has 4 heteroatoms. The Bertz CT molecular complexity index is 246. The van der Waals surface area contributed by atoms with Gasteiger partial charge < -0.3 is 10.2 Å². The Morgan fingerprint density at radius 1 is 0.750 bits per heavy atom. The van der Waals surface area contributed by atoms with E-state index in [0.29, 0.717) is 12.8 Å². The van der Waals surface area contributed by atoms with Crippen LogP contribution in [0.4, 0.5) is 0 Å². The van der Waals surface area contributed by atoms with Crippen LogP contribution in [0.15, 0.2) is 0 Å². The van der Waals surface area contributed by atoms with Crippen molar-refractivity contribution in [1.29, 1.82) is 0 Å². The largest absolute Gasteiger partial charge is 0.481 e. The van der Waals surface area contributed by atoms with E-state index in [9.17, 15) is 9.59 Å². The standard InChI is InChI=1S/C12H18O4/c13-11(14)9-7-5-3-1-2-4-6-8-10-12(15)16/h3-10H2,(H,13,14)(H,15,16). The Labute approximate surface area is 95.7 Å². The third-order valence-corrected chi connectivity index (χ3v) is 2.01. The molecule has 0 radical (unpaired) electrons. The minimum absolute atomic E-state index is 0.209. The van der Waals surface area contributed by atoms with Crippen molar-refractivity contribution in [3.63, 3.8) is 0 Å². The van der Waals surface area contributed by atoms with Crippen LogP contribution in [-0.2, 0) is 9.59 Å². The summed E-state index contributed by atoms with van der Waals surface area (Å²) in [5.41, 5.74) is 0. The minimum atomic E-state index is -0.762. The molecular formula is C12H18O4. The van der Waals surface area contributed by atoms with E-state index < -0.39 is 11.9 Å². The van der Waals surface area contributed by atoms with E-state index in [4.69, 9.17) is 10.2 Å². The van der Waals surface area contributed by atoms with Crippen molar-refractivity contribution in [2.75, 3.05) is 0 Å². The van der Waals surface area contributed by atoms with E-state index in [1.807, 2.05) is 0 Å². The number of carboxylic acids is 2. The van der Waals surface area contributed by atoms with Gasteiger partial charge in [0.1, 0.15) is 0 Å². The van der Waals surface area contributed by atoms with Gasteiger partial charge in [0.2, 0.25) is 0 Å². The van der Waals surface area contributed by atoms with E-state index in [-0.39, 0.29) is 12.8 Å². The van der Waals surface area contributed by atoms with E-state index in [1.165, 1.54) is 0 Å². The zero-order valence-electron chi connectivity index (χ0n) is 9.37. The van der Waals surface area contributed by atoms with Crippen LogP contribution in [0.3, 0.4) is 0 Å². The molecule has 0 aromatic carbocycles. The lowest BCUT2D eigenvalue weighted by Gasteiger charge is -1.92. The molecule has 0 aliphatic rings. The maximum Gasteiger partial charge on any atom is 0.303 e. The third-order valence-electron chi connectivity index (χ3n) is 2.01. The smallest absolute Gasteiger partial charge is 0.303 e. The first-order valence-electron chi connectivity index (χ1n) is 5.52. The van der Waals surface area contributed by atoms with Crippen molar-refractivity contribution in [2.45, 2.75) is 51.4 Å². The molecule has 90 valence electrons. The first-order valence-corrected chi connectivity index (χ1v) is 5.52. The van der Waals surface area contributed by atoms with Crippen molar-refractivity contribution < 1.29 is 19.8 Å². The lowest BCUT2D eigenvalue weighted by Crippen LogP contribution is -1.93. The van der Waals surface area contributed by atoms with Gasteiger partial charge in [-0.3, -0.25) is 9.59 Å². The summed E-state index contributed by atoms with van der Waals surface area (Å²) < 4.78 is 0. The van der Waals surface area contributed by atoms with Gasteiger partial charge in [0.15, 0.2) is 0 Å². The minimum Gasteiger partial charge on any atom is -0.481 e. The lowest BCUT2D eigenvalue weighted by atomic mass is 10.1. The fourth-order valence-electron chi connectivity index (χ4n) is 1.16. The van der Waals surface area contributed by atoms with Crippen LogP contribution in [0.2, 0.25) is 0 Å². The number of aliphatic carboxylic acids is 2. The molecule has 0 atom stereocenters. The van der Waals surface area contributed by atoms with Gasteiger partial charge in [-0.25, -0.2) is 0 Å². The van der Waals surface area contributed by atoms with Gasteiger partial charge in [0.25, 0.3) is 0 Å². The average Bonchev–Trinajstić information content (AvgIpc) is 2.20. The van der Waals surface area contributed by atoms with Crippen LogP contribution < -0.4 is 0 Å². The summed E-state index contributed by atoms with van der Waals surface area (Å²) in [5.74, 6) is 4.39. The zero-order chi connectivity index (χ0) is 12.2. The molecule has 0 rings (SSSR count). The van der Waals surface area contributed by atoms with Crippen molar-refractivity contribution in [2.24, 2.45) is 0 Å². The molecular weight excluding hydrogens is 208 g/mol. The number of unbranched alkanes of at least 4 members (excludes halogenated alkanes) is 4. The molecule has 0 saturated heterocycles. The van der Waals surface area contributed by atoms with Crippen LogP contribution in [0.1, 0.15) is 51.4 Å². The van der Waals surface area contributed by atoms with Crippen molar-refractivity contribution in [3.8, 4) is 11.8 Å². The molecule has 0 bridgehead atoms. The van der Waals surface area contributed by atoms with E-state index >= 15 is 0 Å². The van der Waals surface area contributed by atoms with Gasteiger partial charge in [-0.15, -0.1) is 11.8 Å². The highest BCUT2D eigenvalue weighted by Gasteiger charge is 1.95. The van der Waals surface area contributed by atoms with Crippen molar-refractivity contribution in [1.82, 2.24) is 0 Å². The summed E-state index contributed by atoms with van der Waals surface area (Å²) in [5, 5.41) is 16.7. The maximum atomic E-state index is 10.2. The van der Waals surface area contributed by atoms with Crippen LogP contribution in [0.5, 0.6) is 0 Å². The molecule has 0 aliphatic carbocycles. The van der Waals surface area contributed by atoms with Crippen LogP contribution >= 0.6 is 0 Å². The number of rotatable bonds is 8. The predicted molar refractivity (Wildman–Crippen MR) is 60.0 cm³/mol. The van der Waals surface area contributed by atoms with E-state index in [0.717, 1.165) is 25.7 Å². The summed E-state index contributed by atoms with van der Waals surface area (Å²) in [6.45, 7) is 0. The average molecular weight is 226 g/mol. The highest BCUT2D eigenvalue weighted by Crippen LogP contribution is 2.00. The molecule has 0 aliphatic heterocycles. The molecule has 0 heterocycles. The summed E-state index contributed by atoms with van der Waals surface area (Å²) in [6, 6.07) is 0. The zero-order valence-corrected chi connectivity index (χ0v) is 9.37. The number of hydrogen-bond donors (Lipinski definition) is 2. The van der Waals surface area contributed by atoms with Gasteiger partial charge in [-0.2, -0.15) is 0 Å². The molecule has 0 unspecified atom stereocenters. The van der Waals surface area contributed by atoms with Gasteiger partial charge >= 0.3 is 11.9 Å². The second kappa shape index (κ2) is 10.0. The van der Waals surface area contributed by atoms with E-state index in [2.05, 4.69) is 11.8 Å². The summed E-state index contributed by atoms with van der Waals surface area (Å²) in [6.07, 6.45) is 4.84. The molecule has 2 N–H and O–H groups in total. The van der Waals surface area contributed by atoms with Crippen LogP contribution in [0, 0.1) is 11.8 Å². The second-order valence-corrected chi connectivity index (χ2v) is 3.56. The Kier molecular flexibility index (Phi) is 9.09. The molecule has 0 amide bonds. The Morgan fingerprint density at radius 3 is 1.44 bits per heavy atom. The molecule has 4 nitrogen and oxygen atoms in total. The molecule has 0 aromatic heterocycles.